The molecule has 0 bridgehead atoms. The Morgan fingerprint density at radius 2 is 1.96 bits per heavy atom. The smallest absolute Gasteiger partial charge is 0.193 e. The van der Waals surface area contributed by atoms with Gasteiger partial charge in [-0.25, -0.2) is 0 Å². The minimum Gasteiger partial charge on any atom is -0.497 e. The Balaban J connectivity index is 0.00000288. The summed E-state index contributed by atoms with van der Waals surface area (Å²) in [6, 6.07) is 15.5. The molecule has 0 aliphatic rings. The first-order valence-electron chi connectivity index (χ1n) is 7.64. The van der Waals surface area contributed by atoms with Crippen molar-refractivity contribution < 1.29 is 9.47 Å². The zero-order valence-electron chi connectivity index (χ0n) is 14.0. The van der Waals surface area contributed by atoms with E-state index in [0.717, 1.165) is 29.2 Å². The fourth-order valence-corrected chi connectivity index (χ4v) is 2.19. The van der Waals surface area contributed by atoms with Gasteiger partial charge < -0.3 is 20.5 Å². The van der Waals surface area contributed by atoms with Gasteiger partial charge in [0.25, 0.3) is 0 Å². The molecule has 2 aromatic carbocycles. The number of ether oxygens (including phenoxy) is 2. The molecule has 0 radical (unpaired) electrons. The van der Waals surface area contributed by atoms with Crippen LogP contribution in [-0.2, 0) is 6.42 Å². The minimum atomic E-state index is 0. The van der Waals surface area contributed by atoms with E-state index in [1.54, 1.807) is 7.11 Å². The van der Waals surface area contributed by atoms with E-state index in [1.165, 1.54) is 0 Å². The van der Waals surface area contributed by atoms with Gasteiger partial charge in [-0.1, -0.05) is 24.3 Å². The number of methoxy groups -OCH3 is 1. The number of hydrogen-bond donors (Lipinski definition) is 2. The monoisotopic (exact) mass is 441 g/mol. The summed E-state index contributed by atoms with van der Waals surface area (Å²) >= 11 is 0. The lowest BCUT2D eigenvalue weighted by Gasteiger charge is -2.09. The fraction of sp³-hybridized carbons (Fsp3) is 0.278. The predicted molar refractivity (Wildman–Crippen MR) is 110 cm³/mol. The van der Waals surface area contributed by atoms with Crippen molar-refractivity contribution in [1.82, 2.24) is 0 Å². The highest BCUT2D eigenvalue weighted by Gasteiger charge is 2.02. The molecule has 0 aliphatic carbocycles. The molecule has 0 unspecified atom stereocenters. The maximum Gasteiger partial charge on any atom is 0.193 e. The number of halogens is 1. The predicted octanol–water partition coefficient (Wildman–Crippen LogP) is 3.68. The van der Waals surface area contributed by atoms with E-state index < -0.39 is 0 Å². The highest BCUT2D eigenvalue weighted by atomic mass is 127. The molecule has 5 nitrogen and oxygen atoms in total. The lowest BCUT2D eigenvalue weighted by molar-refractivity contribution is 0.336. The van der Waals surface area contributed by atoms with Gasteiger partial charge in [-0.3, -0.25) is 4.99 Å². The molecular formula is C18H24IN3O2. The van der Waals surface area contributed by atoms with Crippen molar-refractivity contribution in [1.29, 1.82) is 0 Å². The van der Waals surface area contributed by atoms with Gasteiger partial charge in [-0.2, -0.15) is 0 Å². The first-order valence-corrected chi connectivity index (χ1v) is 7.64. The molecule has 0 aromatic heterocycles. The van der Waals surface area contributed by atoms with E-state index in [2.05, 4.69) is 10.3 Å². The van der Waals surface area contributed by atoms with E-state index in [-0.39, 0.29) is 24.0 Å². The maximum absolute atomic E-state index is 5.92. The molecular weight excluding hydrogens is 417 g/mol. The number of aliphatic imine (C=N–C) groups is 1. The van der Waals surface area contributed by atoms with Crippen molar-refractivity contribution in [3.8, 4) is 11.5 Å². The van der Waals surface area contributed by atoms with Gasteiger partial charge in [0.2, 0.25) is 0 Å². The third kappa shape index (κ3) is 6.27. The van der Waals surface area contributed by atoms with Gasteiger partial charge in [0.05, 0.1) is 13.7 Å². The molecule has 0 saturated heterocycles. The Kier molecular flexibility index (Phi) is 8.99. The van der Waals surface area contributed by atoms with Gasteiger partial charge in [-0.15, -0.1) is 24.0 Å². The Morgan fingerprint density at radius 1 is 1.17 bits per heavy atom. The molecule has 0 amide bonds. The minimum absolute atomic E-state index is 0. The van der Waals surface area contributed by atoms with Crippen LogP contribution in [0.5, 0.6) is 11.5 Å². The number of rotatable bonds is 7. The van der Waals surface area contributed by atoms with Crippen LogP contribution in [0.15, 0.2) is 53.5 Å². The second kappa shape index (κ2) is 10.7. The van der Waals surface area contributed by atoms with Crippen molar-refractivity contribution in [3.63, 3.8) is 0 Å². The zero-order chi connectivity index (χ0) is 16.5. The third-order valence-electron chi connectivity index (χ3n) is 3.28. The average Bonchev–Trinajstić information content (AvgIpc) is 2.57. The van der Waals surface area contributed by atoms with Crippen LogP contribution in [0.25, 0.3) is 0 Å². The van der Waals surface area contributed by atoms with Gasteiger partial charge in [-0.05, 0) is 37.1 Å². The number of nitrogens with zero attached hydrogens (tertiary/aromatic N) is 1. The number of guanidine groups is 1. The SMILES string of the molecule is CCOc1ccccc1CCN=C(N)Nc1cccc(OC)c1.I. The lowest BCUT2D eigenvalue weighted by Crippen LogP contribution is -2.23. The first kappa shape index (κ1) is 20.1. The number of nitrogens with two attached hydrogens (primary N) is 1. The number of para-hydroxylation sites is 1. The molecule has 3 N–H and O–H groups in total. The summed E-state index contributed by atoms with van der Waals surface area (Å²) < 4.78 is 10.8. The van der Waals surface area contributed by atoms with E-state index in [4.69, 9.17) is 15.2 Å². The molecule has 2 aromatic rings. The maximum atomic E-state index is 5.92. The molecule has 0 atom stereocenters. The molecule has 0 fully saturated rings. The number of benzene rings is 2. The lowest BCUT2D eigenvalue weighted by atomic mass is 10.1. The van der Waals surface area contributed by atoms with Crippen molar-refractivity contribution in [3.05, 3.63) is 54.1 Å². The van der Waals surface area contributed by atoms with Crippen LogP contribution in [0.3, 0.4) is 0 Å². The highest BCUT2D eigenvalue weighted by molar-refractivity contribution is 14.0. The van der Waals surface area contributed by atoms with Crippen molar-refractivity contribution >= 4 is 35.6 Å². The van der Waals surface area contributed by atoms with Crippen LogP contribution in [-0.4, -0.2) is 26.2 Å². The summed E-state index contributed by atoms with van der Waals surface area (Å²) in [5.41, 5.74) is 7.90. The second-order valence-electron chi connectivity index (χ2n) is 4.91. The average molecular weight is 441 g/mol. The van der Waals surface area contributed by atoms with Crippen LogP contribution >= 0.6 is 24.0 Å². The largest absolute Gasteiger partial charge is 0.497 e. The Morgan fingerprint density at radius 3 is 2.71 bits per heavy atom. The fourth-order valence-electron chi connectivity index (χ4n) is 2.19. The Labute approximate surface area is 160 Å². The quantitative estimate of drug-likeness (QED) is 0.391. The molecule has 0 spiro atoms. The molecule has 130 valence electrons. The molecule has 0 heterocycles. The highest BCUT2D eigenvalue weighted by Crippen LogP contribution is 2.19. The Hall–Kier alpha value is -1.96. The van der Waals surface area contributed by atoms with E-state index in [9.17, 15) is 0 Å². The molecule has 6 heteroatoms. The van der Waals surface area contributed by atoms with Crippen LogP contribution in [0, 0.1) is 0 Å². The van der Waals surface area contributed by atoms with Crippen molar-refractivity contribution in [2.75, 3.05) is 25.6 Å². The summed E-state index contributed by atoms with van der Waals surface area (Å²) in [6.07, 6.45) is 0.774. The first-order chi connectivity index (χ1) is 11.2. The van der Waals surface area contributed by atoms with Crippen LogP contribution in [0.4, 0.5) is 5.69 Å². The number of anilines is 1. The summed E-state index contributed by atoms with van der Waals surface area (Å²) in [5, 5.41) is 3.06. The molecule has 0 aliphatic heterocycles. The second-order valence-corrected chi connectivity index (χ2v) is 4.91. The van der Waals surface area contributed by atoms with Crippen LogP contribution in [0.1, 0.15) is 12.5 Å². The summed E-state index contributed by atoms with van der Waals surface area (Å²) in [6.45, 7) is 3.22. The number of hydrogen-bond acceptors (Lipinski definition) is 3. The van der Waals surface area contributed by atoms with Crippen LogP contribution < -0.4 is 20.5 Å². The van der Waals surface area contributed by atoms with E-state index in [1.807, 2.05) is 55.5 Å². The van der Waals surface area contributed by atoms with Crippen LogP contribution in [0.2, 0.25) is 0 Å². The molecule has 0 saturated carbocycles. The Bertz CT molecular complexity index is 662. The third-order valence-corrected chi connectivity index (χ3v) is 3.28. The summed E-state index contributed by atoms with van der Waals surface area (Å²) in [5.74, 6) is 2.06. The normalized spacial score (nSPS) is 10.7. The summed E-state index contributed by atoms with van der Waals surface area (Å²) in [4.78, 5) is 4.36. The van der Waals surface area contributed by atoms with E-state index >= 15 is 0 Å². The topological polar surface area (TPSA) is 68.9 Å². The van der Waals surface area contributed by atoms with Gasteiger partial charge in [0.1, 0.15) is 11.5 Å². The van der Waals surface area contributed by atoms with Crippen molar-refractivity contribution in [2.24, 2.45) is 10.7 Å². The van der Waals surface area contributed by atoms with E-state index in [0.29, 0.717) is 19.1 Å². The molecule has 24 heavy (non-hydrogen) atoms. The van der Waals surface area contributed by atoms with Gasteiger partial charge >= 0.3 is 0 Å². The van der Waals surface area contributed by atoms with Gasteiger partial charge in [0.15, 0.2) is 5.96 Å². The number of nitrogens with one attached hydrogen (secondary N) is 1. The van der Waals surface area contributed by atoms with Crippen molar-refractivity contribution in [2.45, 2.75) is 13.3 Å². The summed E-state index contributed by atoms with van der Waals surface area (Å²) in [7, 11) is 1.63. The molecule has 2 rings (SSSR count). The zero-order valence-corrected chi connectivity index (χ0v) is 16.3. The van der Waals surface area contributed by atoms with Gasteiger partial charge in [0, 0.05) is 18.3 Å². The standard InChI is InChI=1S/C18H23N3O2.HI/c1-3-23-17-10-5-4-7-14(17)11-12-20-18(19)21-15-8-6-9-16(13-15)22-2;/h4-10,13H,3,11-12H2,1-2H3,(H3,19,20,21);1H.